The van der Waals surface area contributed by atoms with Crippen LogP contribution < -0.4 is 10.1 Å². The number of rotatable bonds is 5. The summed E-state index contributed by atoms with van der Waals surface area (Å²) in [6.45, 7) is 2.65. The average molecular weight is 245 g/mol. The second-order valence-electron chi connectivity index (χ2n) is 4.11. The summed E-state index contributed by atoms with van der Waals surface area (Å²) >= 11 is 0. The number of para-hydroxylation sites is 1. The van der Waals surface area contributed by atoms with Gasteiger partial charge in [0.1, 0.15) is 5.75 Å². The van der Waals surface area contributed by atoms with Gasteiger partial charge in [-0.05, 0) is 26.1 Å². The summed E-state index contributed by atoms with van der Waals surface area (Å²) < 4.78 is 7.48. The average Bonchev–Trinajstić information content (AvgIpc) is 2.79. The lowest BCUT2D eigenvalue weighted by Gasteiger charge is -2.18. The summed E-state index contributed by atoms with van der Waals surface area (Å²) in [4.78, 5) is 0. The molecule has 1 aromatic heterocycles. The van der Waals surface area contributed by atoms with Crippen molar-refractivity contribution in [2.24, 2.45) is 7.05 Å². The van der Waals surface area contributed by atoms with Crippen LogP contribution in [0.3, 0.4) is 0 Å². The Balaban J connectivity index is 2.38. The van der Waals surface area contributed by atoms with E-state index in [4.69, 9.17) is 4.74 Å². The first-order valence-electron chi connectivity index (χ1n) is 6.14. The maximum Gasteiger partial charge on any atom is 0.124 e. The van der Waals surface area contributed by atoms with Gasteiger partial charge in [-0.1, -0.05) is 18.2 Å². The fourth-order valence-electron chi connectivity index (χ4n) is 2.06. The zero-order chi connectivity index (χ0) is 13.0. The van der Waals surface area contributed by atoms with Crippen molar-refractivity contribution in [1.29, 1.82) is 0 Å². The summed E-state index contributed by atoms with van der Waals surface area (Å²) in [5.74, 6) is 0.907. The molecular weight excluding hydrogens is 226 g/mol. The van der Waals surface area contributed by atoms with Crippen LogP contribution in [0.25, 0.3) is 0 Å². The Hall–Kier alpha value is -1.81. The predicted molar refractivity (Wildman–Crippen MR) is 71.7 cm³/mol. The molecule has 0 bridgehead atoms. The third-order valence-electron chi connectivity index (χ3n) is 2.85. The zero-order valence-electron chi connectivity index (χ0n) is 11.1. The van der Waals surface area contributed by atoms with Crippen molar-refractivity contribution in [3.05, 3.63) is 47.8 Å². The third kappa shape index (κ3) is 2.54. The Kier molecular flexibility index (Phi) is 3.99. The molecule has 2 aromatic rings. The second-order valence-corrected chi connectivity index (χ2v) is 4.11. The highest BCUT2D eigenvalue weighted by molar-refractivity contribution is 5.39. The number of ether oxygens (including phenoxy) is 1. The van der Waals surface area contributed by atoms with Gasteiger partial charge < -0.3 is 10.1 Å². The number of nitrogens with zero attached hydrogens (tertiary/aromatic N) is 2. The lowest BCUT2D eigenvalue weighted by molar-refractivity contribution is 0.334. The van der Waals surface area contributed by atoms with Crippen molar-refractivity contribution in [1.82, 2.24) is 15.1 Å². The van der Waals surface area contributed by atoms with E-state index in [0.717, 1.165) is 17.0 Å². The minimum absolute atomic E-state index is 0.0500. The van der Waals surface area contributed by atoms with E-state index in [9.17, 15) is 0 Å². The highest BCUT2D eigenvalue weighted by Crippen LogP contribution is 2.28. The number of nitrogens with one attached hydrogen (secondary N) is 1. The molecule has 96 valence electrons. The lowest BCUT2D eigenvalue weighted by Crippen LogP contribution is -2.19. The molecule has 0 spiro atoms. The molecule has 1 N–H and O–H groups in total. The SMILES string of the molecule is CCOc1ccccc1C(NC)c1ccn(C)n1. The first-order valence-corrected chi connectivity index (χ1v) is 6.14. The fourth-order valence-corrected chi connectivity index (χ4v) is 2.06. The van der Waals surface area contributed by atoms with Gasteiger partial charge in [-0.2, -0.15) is 5.10 Å². The quantitative estimate of drug-likeness (QED) is 0.877. The van der Waals surface area contributed by atoms with Gasteiger partial charge in [0.2, 0.25) is 0 Å². The lowest BCUT2D eigenvalue weighted by atomic mass is 10.0. The van der Waals surface area contributed by atoms with Gasteiger partial charge in [-0.15, -0.1) is 0 Å². The summed E-state index contributed by atoms with van der Waals surface area (Å²) in [5, 5.41) is 7.75. The Morgan fingerprint density at radius 1 is 1.33 bits per heavy atom. The number of aryl methyl sites for hydroxylation is 1. The van der Waals surface area contributed by atoms with Crippen molar-refractivity contribution in [3.8, 4) is 5.75 Å². The molecule has 1 aromatic carbocycles. The van der Waals surface area contributed by atoms with Crippen LogP contribution in [0, 0.1) is 0 Å². The van der Waals surface area contributed by atoms with Crippen LogP contribution in [0.4, 0.5) is 0 Å². The van der Waals surface area contributed by atoms with Gasteiger partial charge in [-0.3, -0.25) is 4.68 Å². The topological polar surface area (TPSA) is 39.1 Å². The fraction of sp³-hybridized carbons (Fsp3) is 0.357. The zero-order valence-corrected chi connectivity index (χ0v) is 11.1. The van der Waals surface area contributed by atoms with Crippen molar-refractivity contribution in [2.45, 2.75) is 13.0 Å². The van der Waals surface area contributed by atoms with Crippen LogP contribution in [0.2, 0.25) is 0 Å². The molecule has 18 heavy (non-hydrogen) atoms. The molecular formula is C14H19N3O. The van der Waals surface area contributed by atoms with Gasteiger partial charge in [0.15, 0.2) is 0 Å². The maximum absolute atomic E-state index is 5.67. The molecule has 0 fully saturated rings. The first-order chi connectivity index (χ1) is 8.76. The number of hydrogen-bond donors (Lipinski definition) is 1. The molecule has 0 aliphatic carbocycles. The molecule has 0 aliphatic rings. The Morgan fingerprint density at radius 2 is 2.11 bits per heavy atom. The van der Waals surface area contributed by atoms with E-state index in [0.29, 0.717) is 6.61 Å². The van der Waals surface area contributed by atoms with E-state index in [2.05, 4.69) is 16.5 Å². The molecule has 0 amide bonds. The molecule has 1 unspecified atom stereocenters. The van der Waals surface area contributed by atoms with E-state index in [1.54, 1.807) is 0 Å². The van der Waals surface area contributed by atoms with Gasteiger partial charge in [0, 0.05) is 18.8 Å². The highest BCUT2D eigenvalue weighted by atomic mass is 16.5. The van der Waals surface area contributed by atoms with Crippen molar-refractivity contribution in [3.63, 3.8) is 0 Å². The smallest absolute Gasteiger partial charge is 0.124 e. The van der Waals surface area contributed by atoms with Crippen molar-refractivity contribution >= 4 is 0 Å². The van der Waals surface area contributed by atoms with Crippen LogP contribution in [-0.4, -0.2) is 23.4 Å². The van der Waals surface area contributed by atoms with Crippen LogP contribution in [0.1, 0.15) is 24.2 Å². The van der Waals surface area contributed by atoms with Crippen molar-refractivity contribution in [2.75, 3.05) is 13.7 Å². The summed E-state index contributed by atoms with van der Waals surface area (Å²) in [5.41, 5.74) is 2.10. The van der Waals surface area contributed by atoms with E-state index >= 15 is 0 Å². The molecule has 1 heterocycles. The summed E-state index contributed by atoms with van der Waals surface area (Å²) in [7, 11) is 3.85. The van der Waals surface area contributed by atoms with Crippen molar-refractivity contribution < 1.29 is 4.74 Å². The van der Waals surface area contributed by atoms with E-state index in [-0.39, 0.29) is 6.04 Å². The molecule has 4 nitrogen and oxygen atoms in total. The number of aromatic nitrogens is 2. The first kappa shape index (κ1) is 12.6. The predicted octanol–water partition coefficient (Wildman–Crippen LogP) is 2.13. The number of benzene rings is 1. The largest absolute Gasteiger partial charge is 0.494 e. The van der Waals surface area contributed by atoms with Crippen LogP contribution in [-0.2, 0) is 7.05 Å². The number of hydrogen-bond acceptors (Lipinski definition) is 3. The van der Waals surface area contributed by atoms with E-state index in [1.165, 1.54) is 0 Å². The van der Waals surface area contributed by atoms with Gasteiger partial charge >= 0.3 is 0 Å². The molecule has 0 saturated heterocycles. The monoisotopic (exact) mass is 245 g/mol. The summed E-state index contributed by atoms with van der Waals surface area (Å²) in [6, 6.07) is 10.1. The van der Waals surface area contributed by atoms with Crippen LogP contribution in [0.5, 0.6) is 5.75 Å². The molecule has 0 saturated carbocycles. The van der Waals surface area contributed by atoms with Crippen LogP contribution in [0.15, 0.2) is 36.5 Å². The van der Waals surface area contributed by atoms with Gasteiger partial charge in [0.25, 0.3) is 0 Å². The minimum atomic E-state index is 0.0500. The molecule has 0 radical (unpaired) electrons. The van der Waals surface area contributed by atoms with Crippen LogP contribution >= 0.6 is 0 Å². The van der Waals surface area contributed by atoms with Gasteiger partial charge in [0.05, 0.1) is 18.3 Å². The maximum atomic E-state index is 5.67. The van der Waals surface area contributed by atoms with Gasteiger partial charge in [-0.25, -0.2) is 0 Å². The minimum Gasteiger partial charge on any atom is -0.494 e. The summed E-state index contributed by atoms with van der Waals surface area (Å²) in [6.07, 6.45) is 1.95. The van der Waals surface area contributed by atoms with E-state index < -0.39 is 0 Å². The highest BCUT2D eigenvalue weighted by Gasteiger charge is 2.18. The Morgan fingerprint density at radius 3 is 2.72 bits per heavy atom. The molecule has 4 heteroatoms. The molecule has 2 rings (SSSR count). The Bertz CT molecular complexity index is 507. The standard InChI is InChI=1S/C14H19N3O/c1-4-18-13-8-6-5-7-11(13)14(15-2)12-9-10-17(3)16-12/h5-10,14-15H,4H2,1-3H3. The normalized spacial score (nSPS) is 12.4. The molecule has 0 aliphatic heterocycles. The second kappa shape index (κ2) is 5.69. The Labute approximate surface area is 108 Å². The third-order valence-corrected chi connectivity index (χ3v) is 2.85. The molecule has 1 atom stereocenters. The van der Waals surface area contributed by atoms with E-state index in [1.807, 2.05) is 56.2 Å².